The number of rotatable bonds is 4. The van der Waals surface area contributed by atoms with E-state index in [2.05, 4.69) is 30.1 Å². The summed E-state index contributed by atoms with van der Waals surface area (Å²) in [5, 5.41) is 3.36. The maximum absolute atomic E-state index is 3.66. The van der Waals surface area contributed by atoms with Crippen LogP contribution in [-0.4, -0.2) is 0 Å². The number of anilines is 2. The highest BCUT2D eigenvalue weighted by atomic mass is 14.9. The molecule has 0 aliphatic rings. The normalized spacial score (nSPS) is 10.4. The molecule has 2 rings (SSSR count). The molecule has 2 aromatic carbocycles. The van der Waals surface area contributed by atoms with Gasteiger partial charge < -0.3 is 5.32 Å². The van der Waals surface area contributed by atoms with Crippen molar-refractivity contribution in [1.29, 1.82) is 0 Å². The van der Waals surface area contributed by atoms with Crippen molar-refractivity contribution in [2.24, 2.45) is 0 Å². The molecule has 0 amide bonds. The lowest BCUT2D eigenvalue weighted by atomic mass is 10.2. The maximum Gasteiger partial charge on any atom is 0.0390 e. The molecule has 0 fully saturated rings. The number of hydrogen-bond acceptors (Lipinski definition) is 1. The molecule has 1 heteroatoms. The molecule has 0 heterocycles. The number of allylic oxidation sites excluding steroid dienone is 2. The van der Waals surface area contributed by atoms with Crippen molar-refractivity contribution in [2.45, 2.75) is 0 Å². The Balaban J connectivity index is 2.16. The lowest BCUT2D eigenvalue weighted by Crippen LogP contribution is -1.89. The van der Waals surface area contributed by atoms with Gasteiger partial charge in [0.2, 0.25) is 0 Å². The predicted molar refractivity (Wildman–Crippen MR) is 75.4 cm³/mol. The van der Waals surface area contributed by atoms with Gasteiger partial charge in [0, 0.05) is 11.4 Å². The second-order valence-corrected chi connectivity index (χ2v) is 3.71. The van der Waals surface area contributed by atoms with Crippen LogP contribution in [0.4, 0.5) is 11.4 Å². The van der Waals surface area contributed by atoms with E-state index in [1.807, 2.05) is 48.6 Å². The Kier molecular flexibility index (Phi) is 3.77. The molecule has 0 spiro atoms. The van der Waals surface area contributed by atoms with Gasteiger partial charge in [0.25, 0.3) is 0 Å². The molecule has 1 N–H and O–H groups in total. The highest BCUT2D eigenvalue weighted by molar-refractivity contribution is 5.64. The molecule has 0 unspecified atom stereocenters. The van der Waals surface area contributed by atoms with Crippen molar-refractivity contribution >= 4 is 17.5 Å². The molecule has 1 nitrogen and oxygen atoms in total. The van der Waals surface area contributed by atoms with Crippen LogP contribution in [0, 0.1) is 0 Å². The molecule has 0 aromatic heterocycles. The van der Waals surface area contributed by atoms with Crippen LogP contribution in [0.3, 0.4) is 0 Å². The van der Waals surface area contributed by atoms with Gasteiger partial charge in [-0.1, -0.05) is 55.1 Å². The third-order valence-corrected chi connectivity index (χ3v) is 2.37. The second kappa shape index (κ2) is 5.71. The van der Waals surface area contributed by atoms with Gasteiger partial charge in [-0.15, -0.1) is 0 Å². The Bertz CT molecular complexity index is 512. The summed E-state index contributed by atoms with van der Waals surface area (Å²) in [7, 11) is 0. The summed E-state index contributed by atoms with van der Waals surface area (Å²) in [5.41, 5.74) is 3.34. The molecule has 0 saturated heterocycles. The molecular weight excluding hydrogens is 206 g/mol. The van der Waals surface area contributed by atoms with Crippen molar-refractivity contribution in [3.05, 3.63) is 78.9 Å². The van der Waals surface area contributed by atoms with Crippen LogP contribution in [0.25, 0.3) is 6.08 Å². The first-order chi connectivity index (χ1) is 8.38. The number of benzene rings is 2. The topological polar surface area (TPSA) is 12.0 Å². The Labute approximate surface area is 102 Å². The first-order valence-electron chi connectivity index (χ1n) is 5.60. The van der Waals surface area contributed by atoms with E-state index in [0.717, 1.165) is 16.9 Å². The van der Waals surface area contributed by atoms with Crippen molar-refractivity contribution < 1.29 is 0 Å². The first kappa shape index (κ1) is 11.2. The Hall–Kier alpha value is -2.28. The Morgan fingerprint density at radius 1 is 0.882 bits per heavy atom. The number of nitrogens with one attached hydrogen (secondary N) is 1. The minimum absolute atomic E-state index is 1.09. The van der Waals surface area contributed by atoms with Crippen LogP contribution in [0.1, 0.15) is 5.56 Å². The van der Waals surface area contributed by atoms with E-state index in [1.54, 1.807) is 6.08 Å². The molecule has 0 saturated carbocycles. The third-order valence-electron chi connectivity index (χ3n) is 2.37. The van der Waals surface area contributed by atoms with Gasteiger partial charge in [-0.3, -0.25) is 0 Å². The highest BCUT2D eigenvalue weighted by Crippen LogP contribution is 2.17. The van der Waals surface area contributed by atoms with E-state index in [4.69, 9.17) is 0 Å². The largest absolute Gasteiger partial charge is 0.356 e. The zero-order valence-corrected chi connectivity index (χ0v) is 9.64. The SMILES string of the molecule is C=CC=Cc1cccc(Nc2ccccc2)c1. The van der Waals surface area contributed by atoms with Crippen LogP contribution >= 0.6 is 0 Å². The summed E-state index contributed by atoms with van der Waals surface area (Å²) in [5.74, 6) is 0. The molecule has 0 radical (unpaired) electrons. The fraction of sp³-hybridized carbons (Fsp3) is 0. The summed E-state index contributed by atoms with van der Waals surface area (Å²) in [4.78, 5) is 0. The lowest BCUT2D eigenvalue weighted by Gasteiger charge is -2.06. The Morgan fingerprint density at radius 3 is 2.41 bits per heavy atom. The summed E-state index contributed by atoms with van der Waals surface area (Å²) < 4.78 is 0. The number of hydrogen-bond donors (Lipinski definition) is 1. The van der Waals surface area contributed by atoms with Crippen molar-refractivity contribution in [2.75, 3.05) is 5.32 Å². The van der Waals surface area contributed by atoms with Gasteiger partial charge in [0.05, 0.1) is 0 Å². The first-order valence-corrected chi connectivity index (χ1v) is 5.60. The third kappa shape index (κ3) is 3.35. The summed E-state index contributed by atoms with van der Waals surface area (Å²) >= 11 is 0. The van der Waals surface area contributed by atoms with Crippen LogP contribution in [0.5, 0.6) is 0 Å². The summed E-state index contributed by atoms with van der Waals surface area (Å²) in [6.45, 7) is 3.66. The quantitative estimate of drug-likeness (QED) is 0.742. The van der Waals surface area contributed by atoms with Crippen molar-refractivity contribution in [3.63, 3.8) is 0 Å². The van der Waals surface area contributed by atoms with Crippen LogP contribution in [0.15, 0.2) is 73.3 Å². The molecule has 2 aromatic rings. The average molecular weight is 221 g/mol. The molecule has 0 aliphatic heterocycles. The summed E-state index contributed by atoms with van der Waals surface area (Å²) in [6, 6.07) is 18.4. The van der Waals surface area contributed by atoms with Gasteiger partial charge in [0.15, 0.2) is 0 Å². The van der Waals surface area contributed by atoms with E-state index in [9.17, 15) is 0 Å². The van der Waals surface area contributed by atoms with E-state index in [1.165, 1.54) is 0 Å². The van der Waals surface area contributed by atoms with Gasteiger partial charge >= 0.3 is 0 Å². The zero-order chi connectivity index (χ0) is 11.9. The number of para-hydroxylation sites is 1. The van der Waals surface area contributed by atoms with E-state index in [-0.39, 0.29) is 0 Å². The minimum Gasteiger partial charge on any atom is -0.356 e. The Morgan fingerprint density at radius 2 is 1.65 bits per heavy atom. The second-order valence-electron chi connectivity index (χ2n) is 3.71. The average Bonchev–Trinajstić information content (AvgIpc) is 2.38. The monoisotopic (exact) mass is 221 g/mol. The molecular formula is C16H15N. The van der Waals surface area contributed by atoms with Crippen molar-refractivity contribution in [1.82, 2.24) is 0 Å². The smallest absolute Gasteiger partial charge is 0.0390 e. The van der Waals surface area contributed by atoms with Gasteiger partial charge in [0.1, 0.15) is 0 Å². The van der Waals surface area contributed by atoms with E-state index >= 15 is 0 Å². The summed E-state index contributed by atoms with van der Waals surface area (Å²) in [6.07, 6.45) is 5.74. The molecule has 0 bridgehead atoms. The van der Waals surface area contributed by atoms with Gasteiger partial charge in [-0.25, -0.2) is 0 Å². The predicted octanol–water partition coefficient (Wildman–Crippen LogP) is 4.63. The van der Waals surface area contributed by atoms with Crippen LogP contribution < -0.4 is 5.32 Å². The van der Waals surface area contributed by atoms with E-state index < -0.39 is 0 Å². The van der Waals surface area contributed by atoms with Crippen LogP contribution in [-0.2, 0) is 0 Å². The molecule has 0 atom stereocenters. The van der Waals surface area contributed by atoms with Gasteiger partial charge in [-0.05, 0) is 29.8 Å². The van der Waals surface area contributed by atoms with Gasteiger partial charge in [-0.2, -0.15) is 0 Å². The fourth-order valence-corrected chi connectivity index (χ4v) is 1.59. The van der Waals surface area contributed by atoms with E-state index in [0.29, 0.717) is 0 Å². The maximum atomic E-state index is 3.66. The minimum atomic E-state index is 1.09. The highest BCUT2D eigenvalue weighted by Gasteiger charge is 1.94. The van der Waals surface area contributed by atoms with Crippen LogP contribution in [0.2, 0.25) is 0 Å². The van der Waals surface area contributed by atoms with Crippen molar-refractivity contribution in [3.8, 4) is 0 Å². The standard InChI is InChI=1S/C16H15N/c1-2-3-8-14-9-7-12-16(13-14)17-15-10-5-4-6-11-15/h2-13,17H,1H2. The fourth-order valence-electron chi connectivity index (χ4n) is 1.59. The zero-order valence-electron chi connectivity index (χ0n) is 9.64. The molecule has 17 heavy (non-hydrogen) atoms. The molecule has 0 aliphatic carbocycles. The molecule has 84 valence electrons. The lowest BCUT2D eigenvalue weighted by molar-refractivity contribution is 1.54.